The molecule has 0 aliphatic carbocycles. The molecular formula is C18H18N2. The lowest BCUT2D eigenvalue weighted by atomic mass is 9.83. The number of aryl methyl sites for hydroxylation is 1. The van der Waals surface area contributed by atoms with Crippen molar-refractivity contribution in [3.63, 3.8) is 0 Å². The minimum absolute atomic E-state index is 0.539. The van der Waals surface area contributed by atoms with Crippen LogP contribution in [0.5, 0.6) is 0 Å². The van der Waals surface area contributed by atoms with E-state index in [1.54, 1.807) is 0 Å². The van der Waals surface area contributed by atoms with E-state index in [1.165, 1.54) is 5.56 Å². The number of nitrogens with zero attached hydrogens (tertiary/aromatic N) is 1. The largest absolute Gasteiger partial charge is 0.318 e. The summed E-state index contributed by atoms with van der Waals surface area (Å²) in [5.41, 5.74) is 10.4. The van der Waals surface area contributed by atoms with Gasteiger partial charge in [-0.05, 0) is 42.7 Å². The first-order valence-corrected chi connectivity index (χ1v) is 6.79. The van der Waals surface area contributed by atoms with Gasteiger partial charge in [-0.15, -0.1) is 0 Å². The van der Waals surface area contributed by atoms with Crippen LogP contribution in [0.15, 0.2) is 60.8 Å². The fraction of sp³-hybridized carbons (Fsp3) is 0.167. The lowest BCUT2D eigenvalue weighted by Crippen LogP contribution is -2.35. The van der Waals surface area contributed by atoms with Gasteiger partial charge in [0.05, 0.1) is 11.1 Å². The zero-order chi connectivity index (χ0) is 14.2. The molecule has 3 rings (SSSR count). The number of hydrogen-bond donors (Lipinski definition) is 1. The first kappa shape index (κ1) is 12.8. The fourth-order valence-electron chi connectivity index (χ4n) is 2.67. The van der Waals surface area contributed by atoms with Gasteiger partial charge in [-0.25, -0.2) is 0 Å². The van der Waals surface area contributed by atoms with Crippen LogP contribution in [0.2, 0.25) is 0 Å². The third-order valence-corrected chi connectivity index (χ3v) is 3.89. The molecule has 0 radical (unpaired) electrons. The lowest BCUT2D eigenvalue weighted by Gasteiger charge is -2.27. The molecule has 0 bridgehead atoms. The smallest absolute Gasteiger partial charge is 0.0702 e. The maximum absolute atomic E-state index is 6.61. The molecule has 0 saturated carbocycles. The Labute approximate surface area is 119 Å². The molecule has 1 atom stereocenters. The van der Waals surface area contributed by atoms with E-state index < -0.39 is 5.54 Å². The van der Waals surface area contributed by atoms with Crippen LogP contribution in [-0.4, -0.2) is 4.98 Å². The zero-order valence-corrected chi connectivity index (χ0v) is 11.8. The molecule has 0 aliphatic rings. The van der Waals surface area contributed by atoms with Gasteiger partial charge in [-0.1, -0.05) is 42.5 Å². The van der Waals surface area contributed by atoms with Gasteiger partial charge in [-0.3, -0.25) is 4.98 Å². The minimum atomic E-state index is -0.539. The Kier molecular flexibility index (Phi) is 3.03. The van der Waals surface area contributed by atoms with E-state index >= 15 is 0 Å². The molecular weight excluding hydrogens is 244 g/mol. The van der Waals surface area contributed by atoms with E-state index in [4.69, 9.17) is 5.73 Å². The van der Waals surface area contributed by atoms with Gasteiger partial charge >= 0.3 is 0 Å². The Morgan fingerprint density at radius 2 is 1.70 bits per heavy atom. The second kappa shape index (κ2) is 4.73. The third kappa shape index (κ3) is 2.08. The number of para-hydroxylation sites is 1. The standard InChI is InChI=1S/C18H18N2/c1-13-7-3-5-9-16(13)18(2,19)15-11-14-8-4-6-10-17(14)20-12-15/h3-12H,19H2,1-2H3. The van der Waals surface area contributed by atoms with Crippen LogP contribution in [0.1, 0.15) is 23.6 Å². The molecule has 1 unspecified atom stereocenters. The molecule has 3 aromatic rings. The first-order valence-electron chi connectivity index (χ1n) is 6.79. The van der Waals surface area contributed by atoms with Gasteiger partial charge < -0.3 is 5.73 Å². The van der Waals surface area contributed by atoms with Crippen LogP contribution >= 0.6 is 0 Å². The summed E-state index contributed by atoms with van der Waals surface area (Å²) in [6.07, 6.45) is 1.88. The Balaban J connectivity index is 2.16. The number of rotatable bonds is 2. The van der Waals surface area contributed by atoms with E-state index in [9.17, 15) is 0 Å². The highest BCUT2D eigenvalue weighted by molar-refractivity contribution is 5.79. The second-order valence-electron chi connectivity index (χ2n) is 5.43. The number of benzene rings is 2. The van der Waals surface area contributed by atoms with Crippen molar-refractivity contribution in [1.29, 1.82) is 0 Å². The molecule has 0 fully saturated rings. The molecule has 0 aliphatic heterocycles. The summed E-state index contributed by atoms with van der Waals surface area (Å²) >= 11 is 0. The molecule has 2 heteroatoms. The Morgan fingerprint density at radius 1 is 1.00 bits per heavy atom. The monoisotopic (exact) mass is 262 g/mol. The van der Waals surface area contributed by atoms with Crippen molar-refractivity contribution in [2.75, 3.05) is 0 Å². The number of hydrogen-bond acceptors (Lipinski definition) is 2. The molecule has 2 N–H and O–H groups in total. The molecule has 0 spiro atoms. The Hall–Kier alpha value is -2.19. The minimum Gasteiger partial charge on any atom is -0.318 e. The second-order valence-corrected chi connectivity index (χ2v) is 5.43. The predicted molar refractivity (Wildman–Crippen MR) is 83.6 cm³/mol. The first-order chi connectivity index (χ1) is 9.59. The molecule has 100 valence electrons. The number of pyridine rings is 1. The summed E-state index contributed by atoms with van der Waals surface area (Å²) in [4.78, 5) is 4.52. The third-order valence-electron chi connectivity index (χ3n) is 3.89. The maximum Gasteiger partial charge on any atom is 0.0702 e. The quantitative estimate of drug-likeness (QED) is 0.763. The van der Waals surface area contributed by atoms with Gasteiger partial charge in [0.15, 0.2) is 0 Å². The molecule has 0 saturated heterocycles. The lowest BCUT2D eigenvalue weighted by molar-refractivity contribution is 0.597. The molecule has 2 aromatic carbocycles. The average Bonchev–Trinajstić information content (AvgIpc) is 2.47. The van der Waals surface area contributed by atoms with Crippen LogP contribution in [0.4, 0.5) is 0 Å². The summed E-state index contributed by atoms with van der Waals surface area (Å²) in [7, 11) is 0. The van der Waals surface area contributed by atoms with E-state index in [0.29, 0.717) is 0 Å². The Bertz CT molecular complexity index is 760. The van der Waals surface area contributed by atoms with E-state index in [2.05, 4.69) is 36.2 Å². The van der Waals surface area contributed by atoms with Crippen LogP contribution < -0.4 is 5.73 Å². The molecule has 2 nitrogen and oxygen atoms in total. The highest BCUT2D eigenvalue weighted by Gasteiger charge is 2.25. The van der Waals surface area contributed by atoms with Crippen molar-refractivity contribution in [2.45, 2.75) is 19.4 Å². The zero-order valence-electron chi connectivity index (χ0n) is 11.8. The van der Waals surface area contributed by atoms with Crippen LogP contribution in [0.25, 0.3) is 10.9 Å². The van der Waals surface area contributed by atoms with E-state index in [-0.39, 0.29) is 0 Å². The van der Waals surface area contributed by atoms with Crippen molar-refractivity contribution in [3.05, 3.63) is 77.5 Å². The van der Waals surface area contributed by atoms with Gasteiger partial charge in [0, 0.05) is 11.6 Å². The summed E-state index contributed by atoms with van der Waals surface area (Å²) in [5, 5.41) is 1.12. The van der Waals surface area contributed by atoms with Crippen LogP contribution in [-0.2, 0) is 5.54 Å². The van der Waals surface area contributed by atoms with Crippen LogP contribution in [0.3, 0.4) is 0 Å². The SMILES string of the molecule is Cc1ccccc1C(C)(N)c1cnc2ccccc2c1. The summed E-state index contributed by atoms with van der Waals surface area (Å²) < 4.78 is 0. The Morgan fingerprint density at radius 3 is 2.50 bits per heavy atom. The number of aromatic nitrogens is 1. The highest BCUT2D eigenvalue weighted by Crippen LogP contribution is 2.29. The maximum atomic E-state index is 6.61. The summed E-state index contributed by atoms with van der Waals surface area (Å²) in [5.74, 6) is 0. The van der Waals surface area contributed by atoms with Crippen molar-refractivity contribution in [1.82, 2.24) is 4.98 Å². The topological polar surface area (TPSA) is 38.9 Å². The van der Waals surface area contributed by atoms with Crippen molar-refractivity contribution >= 4 is 10.9 Å². The fourth-order valence-corrected chi connectivity index (χ4v) is 2.67. The van der Waals surface area contributed by atoms with Gasteiger partial charge in [0.25, 0.3) is 0 Å². The molecule has 0 amide bonds. The average molecular weight is 262 g/mol. The number of fused-ring (bicyclic) bond motifs is 1. The summed E-state index contributed by atoms with van der Waals surface area (Å²) in [6.45, 7) is 4.13. The summed E-state index contributed by atoms with van der Waals surface area (Å²) in [6, 6.07) is 18.5. The highest BCUT2D eigenvalue weighted by atomic mass is 14.8. The van der Waals surface area contributed by atoms with Gasteiger partial charge in [-0.2, -0.15) is 0 Å². The van der Waals surface area contributed by atoms with Gasteiger partial charge in [0.1, 0.15) is 0 Å². The molecule has 1 heterocycles. The van der Waals surface area contributed by atoms with Crippen molar-refractivity contribution < 1.29 is 0 Å². The molecule has 1 aromatic heterocycles. The van der Waals surface area contributed by atoms with Crippen LogP contribution in [0, 0.1) is 6.92 Å². The van der Waals surface area contributed by atoms with Crippen molar-refractivity contribution in [2.24, 2.45) is 5.73 Å². The normalized spacial score (nSPS) is 14.2. The number of nitrogens with two attached hydrogens (primary N) is 1. The predicted octanol–water partition coefficient (Wildman–Crippen LogP) is 3.77. The van der Waals surface area contributed by atoms with Gasteiger partial charge in [0.2, 0.25) is 0 Å². The van der Waals surface area contributed by atoms with E-state index in [1.807, 2.05) is 43.5 Å². The molecule has 20 heavy (non-hydrogen) atoms. The van der Waals surface area contributed by atoms with Crippen molar-refractivity contribution in [3.8, 4) is 0 Å². The van der Waals surface area contributed by atoms with E-state index in [0.717, 1.165) is 22.0 Å².